The average molecular weight is 463 g/mol. The number of nitrogens with zero attached hydrogens (tertiary/aromatic N) is 3. The van der Waals surface area contributed by atoms with E-state index in [9.17, 15) is 4.79 Å². The van der Waals surface area contributed by atoms with Gasteiger partial charge in [0.1, 0.15) is 0 Å². The molecule has 0 spiro atoms. The van der Waals surface area contributed by atoms with Crippen molar-refractivity contribution in [2.45, 2.75) is 45.6 Å². The number of benzene rings is 2. The second kappa shape index (κ2) is 11.4. The van der Waals surface area contributed by atoms with Crippen LogP contribution in [0.4, 0.5) is 0 Å². The summed E-state index contributed by atoms with van der Waals surface area (Å²) in [4.78, 5) is 19.5. The SMILES string of the molecule is Cc1cccc(C(CNC(=O)CCc2nc(-c3ccc(C(C)C)cc3)no2)N2CCOCC2)c1. The smallest absolute Gasteiger partial charge is 0.227 e. The number of carbonyl (C=O) groups excluding carboxylic acids is 1. The van der Waals surface area contributed by atoms with E-state index in [0.717, 1.165) is 31.9 Å². The van der Waals surface area contributed by atoms with E-state index in [-0.39, 0.29) is 11.9 Å². The molecule has 0 saturated carbocycles. The summed E-state index contributed by atoms with van der Waals surface area (Å²) in [6.45, 7) is 10.1. The number of hydrogen-bond acceptors (Lipinski definition) is 6. The molecule has 1 aliphatic rings. The quantitative estimate of drug-likeness (QED) is 0.511. The molecule has 1 saturated heterocycles. The molecular weight excluding hydrogens is 428 g/mol. The normalized spacial score (nSPS) is 15.4. The Labute approximate surface area is 201 Å². The fourth-order valence-corrected chi connectivity index (χ4v) is 4.23. The zero-order chi connectivity index (χ0) is 23.9. The molecule has 0 bridgehead atoms. The average Bonchev–Trinajstić information content (AvgIpc) is 3.33. The lowest BCUT2D eigenvalue weighted by Crippen LogP contribution is -2.43. The van der Waals surface area contributed by atoms with Crippen LogP contribution < -0.4 is 5.32 Å². The molecule has 7 heteroatoms. The summed E-state index contributed by atoms with van der Waals surface area (Å²) in [5.41, 5.74) is 4.61. The first-order valence-electron chi connectivity index (χ1n) is 12.1. The highest BCUT2D eigenvalue weighted by atomic mass is 16.5. The van der Waals surface area contributed by atoms with Gasteiger partial charge in [0.05, 0.1) is 19.3 Å². The summed E-state index contributed by atoms with van der Waals surface area (Å²) in [5, 5.41) is 7.20. The van der Waals surface area contributed by atoms with Crippen molar-refractivity contribution in [3.63, 3.8) is 0 Å². The summed E-state index contributed by atoms with van der Waals surface area (Å²) < 4.78 is 10.9. The van der Waals surface area contributed by atoms with Crippen LogP contribution in [-0.4, -0.2) is 53.8 Å². The maximum atomic E-state index is 12.6. The Balaban J connectivity index is 1.32. The molecule has 4 rings (SSSR count). The van der Waals surface area contributed by atoms with Crippen LogP contribution in [0.5, 0.6) is 0 Å². The van der Waals surface area contributed by atoms with Crippen LogP contribution >= 0.6 is 0 Å². The third kappa shape index (κ3) is 6.30. The van der Waals surface area contributed by atoms with Gasteiger partial charge in [0, 0.05) is 38.0 Å². The molecule has 1 fully saturated rings. The van der Waals surface area contributed by atoms with E-state index in [1.165, 1.54) is 16.7 Å². The largest absolute Gasteiger partial charge is 0.379 e. The van der Waals surface area contributed by atoms with Crippen LogP contribution in [0, 0.1) is 6.92 Å². The van der Waals surface area contributed by atoms with Gasteiger partial charge in [-0.05, 0) is 24.0 Å². The van der Waals surface area contributed by atoms with Gasteiger partial charge in [-0.3, -0.25) is 9.69 Å². The lowest BCUT2D eigenvalue weighted by molar-refractivity contribution is -0.121. The van der Waals surface area contributed by atoms with Gasteiger partial charge in [-0.2, -0.15) is 4.98 Å². The fourth-order valence-electron chi connectivity index (χ4n) is 4.23. The Bertz CT molecular complexity index is 1070. The van der Waals surface area contributed by atoms with Gasteiger partial charge in [-0.25, -0.2) is 0 Å². The summed E-state index contributed by atoms with van der Waals surface area (Å²) in [7, 11) is 0. The molecule has 0 aliphatic carbocycles. The molecule has 1 N–H and O–H groups in total. The second-order valence-electron chi connectivity index (χ2n) is 9.17. The highest BCUT2D eigenvalue weighted by molar-refractivity contribution is 5.76. The lowest BCUT2D eigenvalue weighted by atomic mass is 10.0. The highest BCUT2D eigenvalue weighted by Gasteiger charge is 2.23. The molecule has 1 aliphatic heterocycles. The first kappa shape index (κ1) is 24.1. The van der Waals surface area contributed by atoms with Crippen LogP contribution in [0.2, 0.25) is 0 Å². The van der Waals surface area contributed by atoms with Gasteiger partial charge in [0.2, 0.25) is 17.6 Å². The van der Waals surface area contributed by atoms with E-state index in [0.29, 0.717) is 37.0 Å². The number of rotatable bonds is 9. The van der Waals surface area contributed by atoms with Gasteiger partial charge >= 0.3 is 0 Å². The van der Waals surface area contributed by atoms with E-state index in [2.05, 4.69) is 77.5 Å². The lowest BCUT2D eigenvalue weighted by Gasteiger charge is -2.35. The van der Waals surface area contributed by atoms with E-state index >= 15 is 0 Å². The molecule has 2 aromatic carbocycles. The minimum absolute atomic E-state index is 0.0213. The number of carbonyl (C=O) groups is 1. The van der Waals surface area contributed by atoms with Crippen molar-refractivity contribution in [1.29, 1.82) is 0 Å². The minimum Gasteiger partial charge on any atom is -0.379 e. The van der Waals surface area contributed by atoms with Gasteiger partial charge < -0.3 is 14.6 Å². The predicted molar refractivity (Wildman–Crippen MR) is 131 cm³/mol. The van der Waals surface area contributed by atoms with Gasteiger partial charge in [0.15, 0.2) is 0 Å². The third-order valence-electron chi connectivity index (χ3n) is 6.28. The zero-order valence-corrected chi connectivity index (χ0v) is 20.3. The van der Waals surface area contributed by atoms with Gasteiger partial charge in [0.25, 0.3) is 0 Å². The van der Waals surface area contributed by atoms with Crippen molar-refractivity contribution >= 4 is 5.91 Å². The maximum Gasteiger partial charge on any atom is 0.227 e. The molecule has 34 heavy (non-hydrogen) atoms. The topological polar surface area (TPSA) is 80.5 Å². The number of ether oxygens (including phenoxy) is 1. The molecule has 2 heterocycles. The number of aromatic nitrogens is 2. The van der Waals surface area contributed by atoms with Crippen LogP contribution in [0.15, 0.2) is 53.1 Å². The van der Waals surface area contributed by atoms with Crippen molar-refractivity contribution in [3.8, 4) is 11.4 Å². The molecule has 180 valence electrons. The fraction of sp³-hybridized carbons (Fsp3) is 0.444. The van der Waals surface area contributed by atoms with E-state index in [1.54, 1.807) is 0 Å². The van der Waals surface area contributed by atoms with Crippen molar-refractivity contribution < 1.29 is 14.1 Å². The van der Waals surface area contributed by atoms with Crippen LogP contribution in [-0.2, 0) is 16.0 Å². The summed E-state index contributed by atoms with van der Waals surface area (Å²) in [5.74, 6) is 1.48. The number of morpholine rings is 1. The van der Waals surface area contributed by atoms with Crippen molar-refractivity contribution in [3.05, 3.63) is 71.1 Å². The molecule has 7 nitrogen and oxygen atoms in total. The second-order valence-corrected chi connectivity index (χ2v) is 9.17. The molecule has 1 aromatic heterocycles. The number of hydrogen-bond donors (Lipinski definition) is 1. The zero-order valence-electron chi connectivity index (χ0n) is 20.3. The molecule has 0 radical (unpaired) electrons. The maximum absolute atomic E-state index is 12.6. The van der Waals surface area contributed by atoms with Gasteiger partial charge in [-0.1, -0.05) is 73.1 Å². The number of aryl methyl sites for hydroxylation is 2. The predicted octanol–water partition coefficient (Wildman–Crippen LogP) is 4.29. The van der Waals surface area contributed by atoms with Crippen LogP contribution in [0.25, 0.3) is 11.4 Å². The summed E-state index contributed by atoms with van der Waals surface area (Å²) >= 11 is 0. The van der Waals surface area contributed by atoms with Crippen molar-refractivity contribution in [1.82, 2.24) is 20.4 Å². The Kier molecular flexibility index (Phi) is 8.08. The first-order chi connectivity index (χ1) is 16.5. The minimum atomic E-state index is -0.0213. The van der Waals surface area contributed by atoms with Crippen molar-refractivity contribution in [2.24, 2.45) is 0 Å². The number of nitrogens with one attached hydrogen (secondary N) is 1. The molecule has 3 aromatic rings. The van der Waals surface area contributed by atoms with E-state index in [1.807, 2.05) is 12.1 Å². The Morgan fingerprint density at radius 1 is 1.09 bits per heavy atom. The van der Waals surface area contributed by atoms with Crippen LogP contribution in [0.1, 0.15) is 54.8 Å². The molecule has 1 amide bonds. The molecular formula is C27H34N4O3. The summed E-state index contributed by atoms with van der Waals surface area (Å²) in [6.07, 6.45) is 0.715. The van der Waals surface area contributed by atoms with E-state index < -0.39 is 0 Å². The molecule has 1 atom stereocenters. The monoisotopic (exact) mass is 462 g/mol. The van der Waals surface area contributed by atoms with E-state index in [4.69, 9.17) is 9.26 Å². The summed E-state index contributed by atoms with van der Waals surface area (Å²) in [6, 6.07) is 16.8. The Morgan fingerprint density at radius 2 is 1.85 bits per heavy atom. The first-order valence-corrected chi connectivity index (χ1v) is 12.1. The standard InChI is InChI=1S/C27H34N4O3/c1-19(2)21-7-9-22(10-8-21)27-29-26(34-30-27)12-11-25(32)28-18-24(31-13-15-33-16-14-31)23-6-4-5-20(3)17-23/h4-10,17,19,24H,11-16,18H2,1-3H3,(H,28,32). The van der Waals surface area contributed by atoms with Gasteiger partial charge in [-0.15, -0.1) is 0 Å². The number of amides is 1. The third-order valence-corrected chi connectivity index (χ3v) is 6.28. The highest BCUT2D eigenvalue weighted by Crippen LogP contribution is 2.23. The van der Waals surface area contributed by atoms with Crippen molar-refractivity contribution in [2.75, 3.05) is 32.8 Å². The van der Waals surface area contributed by atoms with Crippen LogP contribution in [0.3, 0.4) is 0 Å². The Morgan fingerprint density at radius 3 is 2.56 bits per heavy atom. The Hall–Kier alpha value is -3.03. The molecule has 1 unspecified atom stereocenters.